The van der Waals surface area contributed by atoms with Crippen LogP contribution in [0.4, 0.5) is 13.2 Å². The maximum absolute atomic E-state index is 12.0. The van der Waals surface area contributed by atoms with E-state index in [-0.39, 0.29) is 5.56 Å². The van der Waals surface area contributed by atoms with E-state index >= 15 is 0 Å². The van der Waals surface area contributed by atoms with E-state index in [9.17, 15) is 13.2 Å². The van der Waals surface area contributed by atoms with Gasteiger partial charge in [0.05, 0.1) is 5.03 Å². The van der Waals surface area contributed by atoms with E-state index in [1.54, 1.807) is 6.26 Å². The normalized spacial score (nSPS) is 14.1. The van der Waals surface area contributed by atoms with Crippen LogP contribution in [0.25, 0.3) is 0 Å². The van der Waals surface area contributed by atoms with Crippen LogP contribution < -0.4 is 0 Å². The third kappa shape index (κ3) is 2.62. The second-order valence-electron chi connectivity index (χ2n) is 2.58. The molecule has 1 atom stereocenters. The van der Waals surface area contributed by atoms with Crippen molar-refractivity contribution in [1.29, 1.82) is 0 Å². The van der Waals surface area contributed by atoms with Crippen LogP contribution in [0.5, 0.6) is 0 Å². The van der Waals surface area contributed by atoms with E-state index in [0.29, 0.717) is 5.03 Å². The molecule has 0 aliphatic heterocycles. The fraction of sp³-hybridized carbons (Fsp3) is 0.375. The number of hydrogen-bond donors (Lipinski definition) is 1. The van der Waals surface area contributed by atoms with Crippen LogP contribution in [-0.4, -0.2) is 22.5 Å². The summed E-state index contributed by atoms with van der Waals surface area (Å²) < 4.78 is 36.1. The summed E-state index contributed by atoms with van der Waals surface area (Å²) in [5.74, 6) is 0. The maximum atomic E-state index is 12.0. The van der Waals surface area contributed by atoms with Crippen molar-refractivity contribution in [3.8, 4) is 0 Å². The summed E-state index contributed by atoms with van der Waals surface area (Å²) in [5.41, 5.74) is -0.240. The Bertz CT molecular complexity index is 298. The molecule has 78 valence electrons. The summed E-state index contributed by atoms with van der Waals surface area (Å²) in [5, 5.41) is 9.46. The Balaban J connectivity index is 2.87. The van der Waals surface area contributed by atoms with Gasteiger partial charge in [-0.25, -0.2) is 4.98 Å². The average Bonchev–Trinajstić information content (AvgIpc) is 2.15. The van der Waals surface area contributed by atoms with Crippen molar-refractivity contribution in [2.75, 3.05) is 6.26 Å². The van der Waals surface area contributed by atoms with E-state index in [1.165, 1.54) is 23.9 Å². The Morgan fingerprint density at radius 3 is 2.43 bits per heavy atom. The van der Waals surface area contributed by atoms with Crippen molar-refractivity contribution in [2.45, 2.75) is 17.3 Å². The first-order valence-electron chi connectivity index (χ1n) is 3.70. The number of nitrogens with zero attached hydrogens (tertiary/aromatic N) is 1. The summed E-state index contributed by atoms with van der Waals surface area (Å²) in [6.45, 7) is 0. The molecule has 1 aromatic heterocycles. The van der Waals surface area contributed by atoms with Crippen LogP contribution in [0, 0.1) is 0 Å². The monoisotopic (exact) mass is 223 g/mol. The largest absolute Gasteiger partial charge is 0.418 e. The molecule has 0 aliphatic carbocycles. The van der Waals surface area contributed by atoms with Crippen molar-refractivity contribution in [2.24, 2.45) is 0 Å². The van der Waals surface area contributed by atoms with Crippen molar-refractivity contribution < 1.29 is 18.3 Å². The van der Waals surface area contributed by atoms with Gasteiger partial charge in [-0.05, 0) is 12.3 Å². The lowest BCUT2D eigenvalue weighted by Gasteiger charge is -2.14. The van der Waals surface area contributed by atoms with Crippen molar-refractivity contribution in [1.82, 2.24) is 4.98 Å². The number of pyridine rings is 1. The molecule has 0 fully saturated rings. The van der Waals surface area contributed by atoms with Gasteiger partial charge in [-0.15, -0.1) is 11.8 Å². The van der Waals surface area contributed by atoms with E-state index < -0.39 is 12.3 Å². The maximum Gasteiger partial charge on any atom is 0.418 e. The van der Waals surface area contributed by atoms with Gasteiger partial charge in [0.2, 0.25) is 0 Å². The molecule has 0 amide bonds. The van der Waals surface area contributed by atoms with Gasteiger partial charge >= 0.3 is 6.18 Å². The van der Waals surface area contributed by atoms with Crippen LogP contribution in [0.2, 0.25) is 0 Å². The molecule has 1 N–H and O–H groups in total. The lowest BCUT2D eigenvalue weighted by Crippen LogP contribution is -2.20. The van der Waals surface area contributed by atoms with E-state index in [1.807, 2.05) is 0 Å². The first-order valence-corrected chi connectivity index (χ1v) is 4.92. The van der Waals surface area contributed by atoms with Crippen molar-refractivity contribution in [3.63, 3.8) is 0 Å². The zero-order valence-electron chi connectivity index (χ0n) is 7.25. The minimum absolute atomic E-state index is 0.240. The Morgan fingerprint density at radius 1 is 1.43 bits per heavy atom. The van der Waals surface area contributed by atoms with E-state index in [0.717, 1.165) is 6.20 Å². The molecule has 0 radical (unpaired) electrons. The molecule has 0 saturated carbocycles. The van der Waals surface area contributed by atoms with Gasteiger partial charge < -0.3 is 5.11 Å². The van der Waals surface area contributed by atoms with Crippen LogP contribution in [0.1, 0.15) is 11.7 Å². The highest BCUT2D eigenvalue weighted by atomic mass is 32.2. The minimum atomic E-state index is -4.64. The van der Waals surface area contributed by atoms with Gasteiger partial charge in [0.15, 0.2) is 6.10 Å². The molecule has 6 heteroatoms. The lowest BCUT2D eigenvalue weighted by molar-refractivity contribution is -0.206. The summed E-state index contributed by atoms with van der Waals surface area (Å²) in [6, 6.07) is 2.66. The molecule has 1 rings (SSSR count). The van der Waals surface area contributed by atoms with E-state index in [2.05, 4.69) is 4.98 Å². The van der Waals surface area contributed by atoms with Gasteiger partial charge in [-0.1, -0.05) is 6.07 Å². The fourth-order valence-electron chi connectivity index (χ4n) is 0.863. The van der Waals surface area contributed by atoms with Gasteiger partial charge in [-0.2, -0.15) is 13.2 Å². The highest BCUT2D eigenvalue weighted by Gasteiger charge is 2.39. The topological polar surface area (TPSA) is 33.1 Å². The molecule has 2 nitrogen and oxygen atoms in total. The predicted molar refractivity (Wildman–Crippen MR) is 47.0 cm³/mol. The first kappa shape index (κ1) is 11.3. The summed E-state index contributed by atoms with van der Waals surface area (Å²) in [4.78, 5) is 3.73. The van der Waals surface area contributed by atoms with Gasteiger partial charge in [-0.3, -0.25) is 0 Å². The van der Waals surface area contributed by atoms with E-state index in [4.69, 9.17) is 5.11 Å². The number of alkyl halides is 3. The third-order valence-electron chi connectivity index (χ3n) is 1.59. The van der Waals surface area contributed by atoms with Crippen LogP contribution in [0.15, 0.2) is 23.4 Å². The number of hydrogen-bond acceptors (Lipinski definition) is 3. The number of thioether (sulfide) groups is 1. The molecular formula is C8H8F3NOS. The number of aliphatic hydroxyl groups is 1. The molecule has 0 aromatic carbocycles. The first-order chi connectivity index (χ1) is 6.45. The Morgan fingerprint density at radius 2 is 2.07 bits per heavy atom. The Hall–Kier alpha value is -0.750. The molecule has 0 saturated heterocycles. The zero-order chi connectivity index (χ0) is 10.8. The molecular weight excluding hydrogens is 215 g/mol. The van der Waals surface area contributed by atoms with Crippen molar-refractivity contribution in [3.05, 3.63) is 23.9 Å². The molecule has 1 aromatic rings. The highest BCUT2D eigenvalue weighted by Crippen LogP contribution is 2.32. The number of rotatable bonds is 2. The lowest BCUT2D eigenvalue weighted by atomic mass is 10.1. The smallest absolute Gasteiger partial charge is 0.379 e. The highest BCUT2D eigenvalue weighted by molar-refractivity contribution is 7.98. The zero-order valence-corrected chi connectivity index (χ0v) is 8.06. The Labute approximate surface area is 83.2 Å². The SMILES string of the molecule is CSc1ccc([C@H](O)C(F)(F)F)cn1. The van der Waals surface area contributed by atoms with Crippen LogP contribution in [-0.2, 0) is 0 Å². The van der Waals surface area contributed by atoms with Crippen LogP contribution in [0.3, 0.4) is 0 Å². The molecule has 0 unspecified atom stereocenters. The molecule has 1 heterocycles. The summed E-state index contributed by atoms with van der Waals surface area (Å²) in [7, 11) is 0. The van der Waals surface area contributed by atoms with Crippen LogP contribution >= 0.6 is 11.8 Å². The van der Waals surface area contributed by atoms with Gasteiger partial charge in [0.1, 0.15) is 0 Å². The second kappa shape index (κ2) is 4.18. The quantitative estimate of drug-likeness (QED) is 0.781. The summed E-state index contributed by atoms with van der Waals surface area (Å²) >= 11 is 1.32. The second-order valence-corrected chi connectivity index (χ2v) is 3.40. The standard InChI is InChI=1S/C8H8F3NOS/c1-14-6-3-2-5(4-12-6)7(13)8(9,10)11/h2-4,7,13H,1H3/t7-/m0/s1. The predicted octanol–water partition coefficient (Wildman–Crippen LogP) is 2.40. The summed E-state index contributed by atoms with van der Waals surface area (Å²) in [6.07, 6.45) is -4.29. The molecule has 0 spiro atoms. The fourth-order valence-corrected chi connectivity index (χ4v) is 1.23. The minimum Gasteiger partial charge on any atom is -0.379 e. The molecule has 0 aliphatic rings. The average molecular weight is 223 g/mol. The number of halogens is 3. The van der Waals surface area contributed by atoms with Gasteiger partial charge in [0.25, 0.3) is 0 Å². The molecule has 0 bridgehead atoms. The molecule has 14 heavy (non-hydrogen) atoms. The number of aromatic nitrogens is 1. The van der Waals surface area contributed by atoms with Gasteiger partial charge in [0, 0.05) is 11.8 Å². The number of aliphatic hydroxyl groups excluding tert-OH is 1. The Kier molecular flexibility index (Phi) is 3.38. The van der Waals surface area contributed by atoms with Crippen molar-refractivity contribution >= 4 is 11.8 Å². The third-order valence-corrected chi connectivity index (χ3v) is 2.25.